The van der Waals surface area contributed by atoms with Gasteiger partial charge in [-0.1, -0.05) is 0 Å². The highest BCUT2D eigenvalue weighted by atomic mass is 79.9. The smallest absolute Gasteiger partial charge is 0.143 e. The van der Waals surface area contributed by atoms with E-state index in [1.54, 1.807) is 0 Å². The molecule has 0 aliphatic heterocycles. The molecular weight excluding hydrogens is 282 g/mol. The van der Waals surface area contributed by atoms with Crippen molar-refractivity contribution in [3.05, 3.63) is 33.8 Å². The Bertz CT molecular complexity index is 394. The molecule has 0 bridgehead atoms. The van der Waals surface area contributed by atoms with E-state index < -0.39 is 11.6 Å². The van der Waals surface area contributed by atoms with Crippen molar-refractivity contribution in [2.75, 3.05) is 13.7 Å². The van der Waals surface area contributed by atoms with Crippen molar-refractivity contribution in [3.63, 3.8) is 0 Å². The summed E-state index contributed by atoms with van der Waals surface area (Å²) in [5.74, 6) is -1.67. The molecular formula is C11H11BrF2O2. The molecule has 0 heterocycles. The van der Waals surface area contributed by atoms with Gasteiger partial charge in [-0.2, -0.15) is 0 Å². The summed E-state index contributed by atoms with van der Waals surface area (Å²) in [6.07, 6.45) is -0.0949. The monoisotopic (exact) mass is 292 g/mol. The van der Waals surface area contributed by atoms with Gasteiger partial charge >= 0.3 is 0 Å². The lowest BCUT2D eigenvalue weighted by Gasteiger charge is -2.05. The lowest BCUT2D eigenvalue weighted by atomic mass is 10.1. The summed E-state index contributed by atoms with van der Waals surface area (Å²) in [6.45, 7) is 0.260. The molecule has 2 nitrogen and oxygen atoms in total. The van der Waals surface area contributed by atoms with E-state index in [-0.39, 0.29) is 35.3 Å². The van der Waals surface area contributed by atoms with Crippen LogP contribution in [0.3, 0.4) is 0 Å². The lowest BCUT2D eigenvalue weighted by Crippen LogP contribution is -2.09. The van der Waals surface area contributed by atoms with Crippen LogP contribution < -0.4 is 0 Å². The summed E-state index contributed by atoms with van der Waals surface area (Å²) >= 11 is 2.95. The maximum absolute atomic E-state index is 13.5. The highest BCUT2D eigenvalue weighted by Gasteiger charge is 2.15. The van der Waals surface area contributed by atoms with E-state index in [1.165, 1.54) is 13.2 Å². The maximum atomic E-state index is 13.5. The molecule has 0 spiro atoms. The Labute approximate surface area is 101 Å². The van der Waals surface area contributed by atoms with Crippen molar-refractivity contribution < 1.29 is 18.3 Å². The highest BCUT2D eigenvalue weighted by molar-refractivity contribution is 9.10. The summed E-state index contributed by atoms with van der Waals surface area (Å²) in [6, 6.07) is 2.40. The Morgan fingerprint density at radius 3 is 2.75 bits per heavy atom. The molecule has 0 N–H and O–H groups in total. The number of carbonyl (C=O) groups is 1. The lowest BCUT2D eigenvalue weighted by molar-refractivity contribution is -0.119. The summed E-state index contributed by atoms with van der Waals surface area (Å²) < 4.78 is 31.6. The maximum Gasteiger partial charge on any atom is 0.143 e. The Kier molecular flexibility index (Phi) is 5.02. The van der Waals surface area contributed by atoms with Crippen molar-refractivity contribution in [3.8, 4) is 0 Å². The van der Waals surface area contributed by atoms with Crippen molar-refractivity contribution in [1.29, 1.82) is 0 Å². The fraction of sp³-hybridized carbons (Fsp3) is 0.364. The molecule has 88 valence electrons. The Hall–Kier alpha value is -0.810. The SMILES string of the molecule is COCCC(=O)Cc1c(F)ccc(Br)c1F. The van der Waals surface area contributed by atoms with Gasteiger partial charge in [0.05, 0.1) is 11.1 Å². The molecule has 0 amide bonds. The van der Waals surface area contributed by atoms with E-state index in [4.69, 9.17) is 4.74 Å². The van der Waals surface area contributed by atoms with Gasteiger partial charge in [-0.25, -0.2) is 8.78 Å². The van der Waals surface area contributed by atoms with Crippen LogP contribution in [0.4, 0.5) is 8.78 Å². The Balaban J connectivity index is 2.80. The van der Waals surface area contributed by atoms with E-state index in [0.29, 0.717) is 0 Å². The summed E-state index contributed by atoms with van der Waals surface area (Å²) in [5, 5.41) is 0. The molecule has 0 saturated heterocycles. The van der Waals surface area contributed by atoms with Crippen LogP contribution >= 0.6 is 15.9 Å². The van der Waals surface area contributed by atoms with Gasteiger partial charge in [0.1, 0.15) is 17.4 Å². The Morgan fingerprint density at radius 1 is 1.44 bits per heavy atom. The normalized spacial score (nSPS) is 10.5. The minimum Gasteiger partial charge on any atom is -0.384 e. The molecule has 1 aromatic rings. The fourth-order valence-electron chi connectivity index (χ4n) is 1.23. The first kappa shape index (κ1) is 13.3. The summed E-state index contributed by atoms with van der Waals surface area (Å²) in [7, 11) is 1.47. The molecule has 0 atom stereocenters. The van der Waals surface area contributed by atoms with Gasteiger partial charge in [0, 0.05) is 25.5 Å². The predicted molar refractivity (Wildman–Crippen MR) is 59.3 cm³/mol. The molecule has 0 radical (unpaired) electrons. The third kappa shape index (κ3) is 3.35. The van der Waals surface area contributed by atoms with Crippen molar-refractivity contribution in [1.82, 2.24) is 0 Å². The van der Waals surface area contributed by atoms with Crippen LogP contribution in [0.25, 0.3) is 0 Å². The van der Waals surface area contributed by atoms with Gasteiger partial charge in [0.25, 0.3) is 0 Å². The molecule has 0 aliphatic rings. The van der Waals surface area contributed by atoms with E-state index >= 15 is 0 Å². The van der Waals surface area contributed by atoms with Crippen molar-refractivity contribution in [2.45, 2.75) is 12.8 Å². The van der Waals surface area contributed by atoms with Crippen LogP contribution in [0.15, 0.2) is 16.6 Å². The highest BCUT2D eigenvalue weighted by Crippen LogP contribution is 2.22. The molecule has 0 aromatic heterocycles. The van der Waals surface area contributed by atoms with E-state index in [2.05, 4.69) is 15.9 Å². The first-order valence-electron chi connectivity index (χ1n) is 4.69. The average molecular weight is 293 g/mol. The minimum absolute atomic E-state index is 0.155. The summed E-state index contributed by atoms with van der Waals surface area (Å²) in [4.78, 5) is 11.4. The zero-order chi connectivity index (χ0) is 12.1. The van der Waals surface area contributed by atoms with E-state index in [9.17, 15) is 13.6 Å². The number of rotatable bonds is 5. The van der Waals surface area contributed by atoms with Crippen molar-refractivity contribution >= 4 is 21.7 Å². The number of hydrogen-bond acceptors (Lipinski definition) is 2. The number of hydrogen-bond donors (Lipinski definition) is 0. The molecule has 0 unspecified atom stereocenters. The zero-order valence-electron chi connectivity index (χ0n) is 8.73. The van der Waals surface area contributed by atoms with Gasteiger partial charge in [-0.3, -0.25) is 4.79 Å². The molecule has 0 saturated carbocycles. The number of benzene rings is 1. The minimum atomic E-state index is -0.717. The Morgan fingerprint density at radius 2 is 2.12 bits per heavy atom. The van der Waals surface area contributed by atoms with Crippen molar-refractivity contribution in [2.24, 2.45) is 0 Å². The third-order valence-electron chi connectivity index (χ3n) is 2.10. The molecule has 5 heteroatoms. The zero-order valence-corrected chi connectivity index (χ0v) is 10.3. The van der Waals surface area contributed by atoms with Crippen LogP contribution in [0.1, 0.15) is 12.0 Å². The number of ether oxygens (including phenoxy) is 1. The van der Waals surface area contributed by atoms with Crippen LogP contribution in [-0.4, -0.2) is 19.5 Å². The number of halogens is 3. The summed E-state index contributed by atoms with van der Waals surface area (Å²) in [5.41, 5.74) is -0.199. The van der Waals surface area contributed by atoms with Crippen LogP contribution in [0.2, 0.25) is 0 Å². The second-order valence-corrected chi connectivity index (χ2v) is 4.13. The molecule has 0 fully saturated rings. The van der Waals surface area contributed by atoms with Gasteiger partial charge in [0.15, 0.2) is 0 Å². The fourth-order valence-corrected chi connectivity index (χ4v) is 1.60. The van der Waals surface area contributed by atoms with Crippen LogP contribution in [-0.2, 0) is 16.0 Å². The number of Topliss-reactive ketones (excluding diaryl/α,β-unsaturated/α-hetero) is 1. The second kappa shape index (κ2) is 6.06. The molecule has 0 aliphatic carbocycles. The quantitative estimate of drug-likeness (QED) is 0.780. The molecule has 16 heavy (non-hydrogen) atoms. The molecule has 1 aromatic carbocycles. The first-order chi connectivity index (χ1) is 7.56. The topological polar surface area (TPSA) is 26.3 Å². The average Bonchev–Trinajstić information content (AvgIpc) is 2.27. The van der Waals surface area contributed by atoms with Gasteiger partial charge in [-0.05, 0) is 28.1 Å². The number of ketones is 1. The second-order valence-electron chi connectivity index (χ2n) is 3.28. The standard InChI is InChI=1S/C11H11BrF2O2/c1-16-5-4-7(15)6-8-10(13)3-2-9(12)11(8)14/h2-3H,4-6H2,1H3. The van der Waals surface area contributed by atoms with E-state index in [1.807, 2.05) is 0 Å². The number of methoxy groups -OCH3 is 1. The van der Waals surface area contributed by atoms with Gasteiger partial charge in [-0.15, -0.1) is 0 Å². The first-order valence-corrected chi connectivity index (χ1v) is 5.48. The molecule has 1 rings (SSSR count). The predicted octanol–water partition coefficient (Wildman–Crippen LogP) is 2.88. The van der Waals surface area contributed by atoms with Gasteiger partial charge in [0.2, 0.25) is 0 Å². The van der Waals surface area contributed by atoms with E-state index in [0.717, 1.165) is 6.07 Å². The third-order valence-corrected chi connectivity index (χ3v) is 2.71. The van der Waals surface area contributed by atoms with Gasteiger partial charge < -0.3 is 4.74 Å². The van der Waals surface area contributed by atoms with Crippen LogP contribution in [0, 0.1) is 11.6 Å². The number of carbonyl (C=O) groups excluding carboxylic acids is 1. The largest absolute Gasteiger partial charge is 0.384 e. The van der Waals surface area contributed by atoms with Crippen LogP contribution in [0.5, 0.6) is 0 Å².